The number of aryl methyl sites for hydroxylation is 3. The molecule has 1 aliphatic rings. The number of rotatable bonds is 9. The van der Waals surface area contributed by atoms with Crippen molar-refractivity contribution in [2.75, 3.05) is 4.90 Å². The molecular weight excluding hydrogens is 398 g/mol. The zero-order chi connectivity index (χ0) is 21.9. The third-order valence-corrected chi connectivity index (χ3v) is 6.77. The predicted molar refractivity (Wildman–Crippen MR) is 123 cm³/mol. The molecule has 0 aromatic heterocycles. The van der Waals surface area contributed by atoms with Gasteiger partial charge in [-0.1, -0.05) is 59.1 Å². The number of anilines is 2. The molecule has 0 radical (unpaired) electrons. The molecule has 0 saturated heterocycles. The van der Waals surface area contributed by atoms with E-state index in [1.54, 1.807) is 11.8 Å². The number of benzene rings is 2. The molecule has 1 unspecified atom stereocenters. The highest BCUT2D eigenvalue weighted by Gasteiger charge is 2.37. The van der Waals surface area contributed by atoms with Crippen molar-refractivity contribution in [3.8, 4) is 11.5 Å². The molecule has 1 atom stereocenters. The minimum Gasteiger partial charge on any atom is -0.453 e. The van der Waals surface area contributed by atoms with Gasteiger partial charge in [0.2, 0.25) is 0 Å². The summed E-state index contributed by atoms with van der Waals surface area (Å²) in [6.45, 7) is 8.15. The van der Waals surface area contributed by atoms with E-state index in [9.17, 15) is 13.0 Å². The number of fused-ring (bicyclic) bond motifs is 2. The quantitative estimate of drug-likeness (QED) is 0.465. The predicted octanol–water partition coefficient (Wildman–Crippen LogP) is 6.41. The van der Waals surface area contributed by atoms with Crippen molar-refractivity contribution in [2.45, 2.75) is 78.0 Å². The van der Waals surface area contributed by atoms with Crippen LogP contribution in [0, 0.1) is 0 Å². The van der Waals surface area contributed by atoms with Gasteiger partial charge in [0, 0.05) is 0 Å². The maximum Gasteiger partial charge on any atom is 0.286 e. The van der Waals surface area contributed by atoms with Crippen molar-refractivity contribution >= 4 is 21.5 Å². The van der Waals surface area contributed by atoms with Crippen LogP contribution in [0.2, 0.25) is 0 Å². The standard InChI is InChI=1S/C24H33NO4S/c1-5-9-17-12-13-21-20(15-17)25(23(8-4)30(26,27)28)24-19(11-7-3)14-18(10-6-2)16-22(24)29-21/h12-16,23H,5-11H2,1-4H3,(H,26,27,28). The normalized spacial score (nSPS) is 14.1. The third kappa shape index (κ3) is 4.49. The topological polar surface area (TPSA) is 66.8 Å². The van der Waals surface area contributed by atoms with E-state index in [0.29, 0.717) is 17.2 Å². The van der Waals surface area contributed by atoms with Crippen LogP contribution >= 0.6 is 0 Å². The molecule has 0 bridgehead atoms. The highest BCUT2D eigenvalue weighted by molar-refractivity contribution is 7.86. The molecule has 1 N–H and O–H groups in total. The summed E-state index contributed by atoms with van der Waals surface area (Å²) in [5, 5.41) is -1.07. The molecule has 0 amide bonds. The summed E-state index contributed by atoms with van der Waals surface area (Å²) in [6.07, 6.45) is 5.85. The van der Waals surface area contributed by atoms with Crippen molar-refractivity contribution in [2.24, 2.45) is 0 Å². The molecule has 3 rings (SSSR count). The monoisotopic (exact) mass is 431 g/mol. The van der Waals surface area contributed by atoms with E-state index < -0.39 is 15.5 Å². The molecule has 0 spiro atoms. The summed E-state index contributed by atoms with van der Waals surface area (Å²) in [7, 11) is -4.31. The van der Waals surface area contributed by atoms with Crippen LogP contribution < -0.4 is 9.64 Å². The lowest BCUT2D eigenvalue weighted by Gasteiger charge is -2.38. The lowest BCUT2D eigenvalue weighted by Crippen LogP contribution is -2.39. The summed E-state index contributed by atoms with van der Waals surface area (Å²) < 4.78 is 41.2. The van der Waals surface area contributed by atoms with Gasteiger partial charge in [-0.25, -0.2) is 0 Å². The van der Waals surface area contributed by atoms with Gasteiger partial charge < -0.3 is 9.64 Å². The largest absolute Gasteiger partial charge is 0.453 e. The van der Waals surface area contributed by atoms with E-state index in [1.165, 1.54) is 5.56 Å². The van der Waals surface area contributed by atoms with Gasteiger partial charge in [0.15, 0.2) is 16.9 Å². The summed E-state index contributed by atoms with van der Waals surface area (Å²) in [4.78, 5) is 1.80. The molecule has 2 aromatic rings. The molecular formula is C24H33NO4S. The molecule has 6 heteroatoms. The van der Waals surface area contributed by atoms with Gasteiger partial charge in [-0.15, -0.1) is 0 Å². The second kappa shape index (κ2) is 9.40. The second-order valence-electron chi connectivity index (χ2n) is 8.00. The van der Waals surface area contributed by atoms with Crippen molar-refractivity contribution in [1.29, 1.82) is 0 Å². The molecule has 2 aromatic carbocycles. The number of hydrogen-bond acceptors (Lipinski definition) is 4. The molecule has 1 aliphatic heterocycles. The van der Waals surface area contributed by atoms with Crippen LogP contribution in [0.4, 0.5) is 11.4 Å². The summed E-state index contributed by atoms with van der Waals surface area (Å²) in [6, 6.07) is 10.1. The Labute approximate surface area is 180 Å². The van der Waals surface area contributed by atoms with Gasteiger partial charge in [-0.2, -0.15) is 8.42 Å². The van der Waals surface area contributed by atoms with Crippen LogP contribution in [0.1, 0.15) is 70.1 Å². The number of nitrogens with zero attached hydrogens (tertiary/aromatic N) is 1. The lowest BCUT2D eigenvalue weighted by atomic mass is 9.97. The van der Waals surface area contributed by atoms with Gasteiger partial charge in [-0.3, -0.25) is 4.55 Å². The maximum atomic E-state index is 12.4. The highest BCUT2D eigenvalue weighted by atomic mass is 32.2. The summed E-state index contributed by atoms with van der Waals surface area (Å²) >= 11 is 0. The molecule has 0 fully saturated rings. The first-order valence-electron chi connectivity index (χ1n) is 11.1. The maximum absolute atomic E-state index is 12.4. The van der Waals surface area contributed by atoms with E-state index in [1.807, 2.05) is 24.3 Å². The second-order valence-corrected chi connectivity index (χ2v) is 9.58. The van der Waals surface area contributed by atoms with Gasteiger partial charge in [0.25, 0.3) is 10.1 Å². The van der Waals surface area contributed by atoms with Gasteiger partial charge >= 0.3 is 0 Å². The number of ether oxygens (including phenoxy) is 1. The van der Waals surface area contributed by atoms with E-state index in [2.05, 4.69) is 26.8 Å². The number of hydrogen-bond donors (Lipinski definition) is 1. The van der Waals surface area contributed by atoms with Crippen LogP contribution in [-0.4, -0.2) is 18.3 Å². The Kier molecular flexibility index (Phi) is 7.09. The Balaban J connectivity index is 2.29. The molecule has 5 nitrogen and oxygen atoms in total. The first kappa shape index (κ1) is 22.6. The Bertz CT molecular complexity index is 1000. The van der Waals surface area contributed by atoms with Crippen LogP contribution in [0.25, 0.3) is 0 Å². The van der Waals surface area contributed by atoms with Crippen LogP contribution in [0.15, 0.2) is 30.3 Å². The average Bonchev–Trinajstić information content (AvgIpc) is 2.68. The summed E-state index contributed by atoms with van der Waals surface area (Å²) in [5.41, 5.74) is 4.84. The molecule has 0 aliphatic carbocycles. The van der Waals surface area contributed by atoms with Crippen molar-refractivity contribution in [3.05, 3.63) is 47.0 Å². The van der Waals surface area contributed by atoms with E-state index in [4.69, 9.17) is 4.74 Å². The Hall–Kier alpha value is -2.05. The van der Waals surface area contributed by atoms with E-state index in [0.717, 1.165) is 55.3 Å². The molecule has 0 saturated carbocycles. The Morgan fingerprint density at radius 3 is 2.17 bits per heavy atom. The average molecular weight is 432 g/mol. The van der Waals surface area contributed by atoms with Gasteiger partial charge in [-0.05, 0) is 60.6 Å². The lowest BCUT2D eigenvalue weighted by molar-refractivity contribution is 0.450. The van der Waals surface area contributed by atoms with Gasteiger partial charge in [0.05, 0.1) is 11.4 Å². The fourth-order valence-electron chi connectivity index (χ4n) is 4.32. The minimum absolute atomic E-state index is 0.262. The first-order chi connectivity index (χ1) is 14.3. The fourth-order valence-corrected chi connectivity index (χ4v) is 5.23. The minimum atomic E-state index is -4.31. The SMILES string of the molecule is CCCc1cc(CCC)c2c(c1)Oc1ccc(CCC)cc1N2C(CC)S(=O)(=O)O. The highest BCUT2D eigenvalue weighted by Crippen LogP contribution is 2.51. The Morgan fingerprint density at radius 2 is 1.57 bits per heavy atom. The van der Waals surface area contributed by atoms with Crippen LogP contribution in [-0.2, 0) is 29.4 Å². The zero-order valence-corrected chi connectivity index (χ0v) is 19.3. The van der Waals surface area contributed by atoms with Crippen LogP contribution in [0.5, 0.6) is 11.5 Å². The van der Waals surface area contributed by atoms with Crippen molar-refractivity contribution in [3.63, 3.8) is 0 Å². The van der Waals surface area contributed by atoms with E-state index in [-0.39, 0.29) is 6.42 Å². The summed E-state index contributed by atoms with van der Waals surface area (Å²) in [5.74, 6) is 1.29. The van der Waals surface area contributed by atoms with Crippen molar-refractivity contribution < 1.29 is 17.7 Å². The fraction of sp³-hybridized carbons (Fsp3) is 0.500. The van der Waals surface area contributed by atoms with E-state index >= 15 is 0 Å². The molecule has 30 heavy (non-hydrogen) atoms. The smallest absolute Gasteiger partial charge is 0.286 e. The molecule has 1 heterocycles. The Morgan fingerprint density at radius 1 is 0.900 bits per heavy atom. The first-order valence-corrected chi connectivity index (χ1v) is 12.6. The molecule has 164 valence electrons. The third-order valence-electron chi connectivity index (χ3n) is 5.54. The van der Waals surface area contributed by atoms with Gasteiger partial charge in [0.1, 0.15) is 0 Å². The van der Waals surface area contributed by atoms with Crippen molar-refractivity contribution in [1.82, 2.24) is 0 Å². The zero-order valence-electron chi connectivity index (χ0n) is 18.4. The van der Waals surface area contributed by atoms with Crippen LogP contribution in [0.3, 0.4) is 0 Å².